The van der Waals surface area contributed by atoms with E-state index in [1.807, 2.05) is 13.0 Å². The summed E-state index contributed by atoms with van der Waals surface area (Å²) >= 11 is 7.52. The zero-order valence-electron chi connectivity index (χ0n) is 8.70. The molecule has 0 fully saturated rings. The zero-order chi connectivity index (χ0) is 10.7. The quantitative estimate of drug-likeness (QED) is 0.657. The van der Waals surface area contributed by atoms with Gasteiger partial charge in [-0.05, 0) is 0 Å². The molecule has 0 aliphatic rings. The number of rotatable bonds is 3. The van der Waals surface area contributed by atoms with Crippen LogP contribution in [0.2, 0.25) is 0 Å². The van der Waals surface area contributed by atoms with E-state index in [1.54, 1.807) is 0 Å². The van der Waals surface area contributed by atoms with Gasteiger partial charge in [0.15, 0.2) is 0 Å². The van der Waals surface area contributed by atoms with Gasteiger partial charge in [-0.2, -0.15) is 0 Å². The van der Waals surface area contributed by atoms with E-state index in [2.05, 4.69) is 48.6 Å². The molecule has 1 aromatic rings. The molecule has 0 unspecified atom stereocenters. The van der Waals surface area contributed by atoms with E-state index >= 15 is 0 Å². The number of hydrogen-bond acceptors (Lipinski definition) is 2. The van der Waals surface area contributed by atoms with Crippen molar-refractivity contribution in [3.05, 3.63) is 17.7 Å². The molecular weight excluding hydrogens is 259 g/mol. The molecule has 14 heavy (non-hydrogen) atoms. The average molecular weight is 274 g/mol. The van der Waals surface area contributed by atoms with E-state index in [0.29, 0.717) is 12.5 Å². The first-order valence-corrected chi connectivity index (χ1v) is 6.04. The molecule has 0 atom stereocenters. The van der Waals surface area contributed by atoms with Crippen LogP contribution in [0.1, 0.15) is 32.3 Å². The Hall–Kier alpha value is -0.111. The maximum absolute atomic E-state index is 5.47. The maximum atomic E-state index is 5.47. The van der Waals surface area contributed by atoms with Crippen LogP contribution in [-0.2, 0) is 0 Å². The Morgan fingerprint density at radius 3 is 2.57 bits per heavy atom. The topological polar surface area (TPSA) is 9.23 Å². The number of thiol groups is 1. The molecule has 0 amide bonds. The molecule has 0 heterocycles. The van der Waals surface area contributed by atoms with Gasteiger partial charge in [-0.3, -0.25) is 0 Å². The molecule has 0 aliphatic heterocycles. The third kappa shape index (κ3) is 2.47. The van der Waals surface area contributed by atoms with Gasteiger partial charge in [-0.15, -0.1) is 0 Å². The predicted octanol–water partition coefficient (Wildman–Crippen LogP) is 2.29. The van der Waals surface area contributed by atoms with Crippen LogP contribution in [0, 0.1) is 0 Å². The van der Waals surface area contributed by atoms with Crippen molar-refractivity contribution < 1.29 is 4.74 Å². The van der Waals surface area contributed by atoms with Gasteiger partial charge in [0.25, 0.3) is 0 Å². The summed E-state index contributed by atoms with van der Waals surface area (Å²) in [5, 5.41) is 0. The van der Waals surface area contributed by atoms with Gasteiger partial charge < -0.3 is 0 Å². The average Bonchev–Trinajstić information content (AvgIpc) is 2.13. The minimum atomic E-state index is 0.491. The second-order valence-corrected chi connectivity index (χ2v) is 4.72. The first-order valence-electron chi connectivity index (χ1n) is 4.73. The van der Waals surface area contributed by atoms with Crippen molar-refractivity contribution in [1.29, 1.82) is 0 Å². The Morgan fingerprint density at radius 1 is 1.43 bits per heavy atom. The van der Waals surface area contributed by atoms with Crippen molar-refractivity contribution in [2.75, 3.05) is 6.61 Å². The molecular formula is C11H15OSSe. The summed E-state index contributed by atoms with van der Waals surface area (Å²) in [4.78, 5) is 1.01. The Kier molecular flexibility index (Phi) is 4.36. The van der Waals surface area contributed by atoms with E-state index in [4.69, 9.17) is 4.74 Å². The molecule has 0 saturated heterocycles. The number of benzene rings is 1. The second kappa shape index (κ2) is 5.11. The molecule has 1 nitrogen and oxygen atoms in total. The van der Waals surface area contributed by atoms with Gasteiger partial charge in [-0.25, -0.2) is 0 Å². The zero-order valence-corrected chi connectivity index (χ0v) is 11.3. The van der Waals surface area contributed by atoms with Gasteiger partial charge in [0.05, 0.1) is 0 Å². The fraction of sp³-hybridized carbons (Fsp3) is 0.455. The van der Waals surface area contributed by atoms with Gasteiger partial charge in [-0.1, -0.05) is 0 Å². The normalized spacial score (nSPS) is 10.6. The molecule has 1 rings (SSSR count). The van der Waals surface area contributed by atoms with E-state index in [9.17, 15) is 0 Å². The molecule has 0 aromatic heterocycles. The van der Waals surface area contributed by atoms with Crippen molar-refractivity contribution in [2.24, 2.45) is 0 Å². The number of ether oxygens (including phenoxy) is 1. The van der Waals surface area contributed by atoms with Gasteiger partial charge in [0.2, 0.25) is 0 Å². The first kappa shape index (κ1) is 12.0. The first-order chi connectivity index (χ1) is 6.57. The van der Waals surface area contributed by atoms with E-state index in [1.165, 1.54) is 5.56 Å². The van der Waals surface area contributed by atoms with Crippen LogP contribution in [-0.4, -0.2) is 22.6 Å². The Balaban J connectivity index is 3.12. The van der Waals surface area contributed by atoms with Crippen LogP contribution in [0.4, 0.5) is 0 Å². The summed E-state index contributed by atoms with van der Waals surface area (Å²) < 4.78 is 6.49. The summed E-state index contributed by atoms with van der Waals surface area (Å²) in [5.41, 5.74) is 1.26. The Morgan fingerprint density at radius 2 is 2.07 bits per heavy atom. The monoisotopic (exact) mass is 275 g/mol. The summed E-state index contributed by atoms with van der Waals surface area (Å²) in [6.07, 6.45) is 0. The minimum absolute atomic E-state index is 0.491. The molecule has 77 valence electrons. The van der Waals surface area contributed by atoms with Crippen molar-refractivity contribution in [1.82, 2.24) is 0 Å². The van der Waals surface area contributed by atoms with Crippen molar-refractivity contribution in [3.63, 3.8) is 0 Å². The van der Waals surface area contributed by atoms with Gasteiger partial charge in [0.1, 0.15) is 0 Å². The summed E-state index contributed by atoms with van der Waals surface area (Å²) in [5.74, 6) is 1.38. The molecule has 1 radical (unpaired) electrons. The fourth-order valence-electron chi connectivity index (χ4n) is 1.30. The molecule has 3 heteroatoms. The predicted molar refractivity (Wildman–Crippen MR) is 64.3 cm³/mol. The van der Waals surface area contributed by atoms with Crippen LogP contribution in [0.25, 0.3) is 0 Å². The van der Waals surface area contributed by atoms with Crippen molar-refractivity contribution in [3.8, 4) is 5.75 Å². The van der Waals surface area contributed by atoms with Gasteiger partial charge >= 0.3 is 99.5 Å². The Labute approximate surface area is 99.5 Å². The van der Waals surface area contributed by atoms with Crippen molar-refractivity contribution >= 4 is 33.1 Å². The second-order valence-electron chi connectivity index (χ2n) is 3.42. The van der Waals surface area contributed by atoms with Crippen LogP contribution < -0.4 is 9.20 Å². The van der Waals surface area contributed by atoms with Crippen LogP contribution in [0.3, 0.4) is 0 Å². The number of hydrogen-bond donors (Lipinski definition) is 1. The molecule has 0 bridgehead atoms. The fourth-order valence-corrected chi connectivity index (χ4v) is 2.26. The van der Waals surface area contributed by atoms with E-state index < -0.39 is 0 Å². The van der Waals surface area contributed by atoms with Crippen LogP contribution in [0.15, 0.2) is 17.0 Å². The van der Waals surface area contributed by atoms with Crippen LogP contribution in [0.5, 0.6) is 5.75 Å². The standard InChI is InChI=1S/C11H15OSSe/c1-4-12-9-6-5-8(7(2)3)10(13)11(9)14/h5-7,13H,4H2,1-3H3. The summed E-state index contributed by atoms with van der Waals surface area (Å²) in [6.45, 7) is 6.99. The van der Waals surface area contributed by atoms with Gasteiger partial charge in [0, 0.05) is 0 Å². The molecule has 1 aromatic carbocycles. The molecule has 0 spiro atoms. The summed E-state index contributed by atoms with van der Waals surface area (Å²) in [7, 11) is 0. The molecule has 0 aliphatic carbocycles. The SMILES string of the molecule is CCOc1ccc(C(C)C)c(S)c1[Se]. The third-order valence-electron chi connectivity index (χ3n) is 2.05. The molecule has 0 N–H and O–H groups in total. The van der Waals surface area contributed by atoms with Crippen LogP contribution >= 0.6 is 12.6 Å². The molecule has 0 saturated carbocycles. The summed E-state index contributed by atoms with van der Waals surface area (Å²) in [6, 6.07) is 4.09. The van der Waals surface area contributed by atoms with E-state index in [0.717, 1.165) is 15.1 Å². The van der Waals surface area contributed by atoms with E-state index in [-0.39, 0.29) is 0 Å². The Bertz CT molecular complexity index is 323. The third-order valence-corrected chi connectivity index (χ3v) is 3.72. The van der Waals surface area contributed by atoms with Crippen molar-refractivity contribution in [2.45, 2.75) is 31.6 Å².